The third-order valence-corrected chi connectivity index (χ3v) is 3.42. The van der Waals surface area contributed by atoms with Crippen LogP contribution < -0.4 is 0 Å². The van der Waals surface area contributed by atoms with Gasteiger partial charge in [0.05, 0.1) is 12.4 Å². The Morgan fingerprint density at radius 2 is 1.62 bits per heavy atom. The molecule has 1 aromatic heterocycles. The highest BCUT2D eigenvalue weighted by Gasteiger charge is 2.04. The molecule has 1 aromatic carbocycles. The van der Waals surface area contributed by atoms with E-state index in [1.165, 1.54) is 29.1 Å². The number of nitrogens with zero attached hydrogens (tertiary/aromatic N) is 2. The molecular weight excluding hydrogens is 260 g/mol. The van der Waals surface area contributed by atoms with Crippen LogP contribution in [0.2, 0.25) is 0 Å². The van der Waals surface area contributed by atoms with Crippen molar-refractivity contribution in [3.63, 3.8) is 0 Å². The molecule has 0 aliphatic heterocycles. The second-order valence-electron chi connectivity index (χ2n) is 5.05. The van der Waals surface area contributed by atoms with E-state index in [9.17, 15) is 5.11 Å². The summed E-state index contributed by atoms with van der Waals surface area (Å²) in [5, 5.41) is 9.22. The number of hydrogen-bond donors (Lipinski definition) is 1. The van der Waals surface area contributed by atoms with Gasteiger partial charge in [0, 0.05) is 5.56 Å². The molecule has 1 heterocycles. The van der Waals surface area contributed by atoms with Crippen LogP contribution in [0.25, 0.3) is 17.0 Å². The van der Waals surface area contributed by atoms with Gasteiger partial charge in [-0.3, -0.25) is 0 Å². The largest absolute Gasteiger partial charge is 0.505 e. The van der Waals surface area contributed by atoms with Crippen molar-refractivity contribution in [3.8, 4) is 17.1 Å². The SMILES string of the molecule is CC1=CC=C(c2ccc(-c3ncc(O)cn3)cc2)CC=C1. The molecule has 1 aliphatic carbocycles. The van der Waals surface area contributed by atoms with Gasteiger partial charge in [0.25, 0.3) is 0 Å². The van der Waals surface area contributed by atoms with Crippen LogP contribution in [-0.4, -0.2) is 15.1 Å². The highest BCUT2D eigenvalue weighted by Crippen LogP contribution is 2.24. The summed E-state index contributed by atoms with van der Waals surface area (Å²) in [6.07, 6.45) is 12.4. The van der Waals surface area contributed by atoms with Gasteiger partial charge in [-0.2, -0.15) is 0 Å². The van der Waals surface area contributed by atoms with Crippen LogP contribution in [0.4, 0.5) is 0 Å². The van der Waals surface area contributed by atoms with Gasteiger partial charge in [-0.25, -0.2) is 9.97 Å². The van der Waals surface area contributed by atoms with Gasteiger partial charge in [-0.1, -0.05) is 54.1 Å². The van der Waals surface area contributed by atoms with Crippen molar-refractivity contribution in [2.45, 2.75) is 13.3 Å². The minimum absolute atomic E-state index is 0.0768. The van der Waals surface area contributed by atoms with Gasteiger partial charge in [0.15, 0.2) is 11.6 Å². The summed E-state index contributed by atoms with van der Waals surface area (Å²) in [6, 6.07) is 8.18. The molecule has 1 aliphatic rings. The van der Waals surface area contributed by atoms with Crippen molar-refractivity contribution >= 4 is 5.57 Å². The van der Waals surface area contributed by atoms with E-state index in [0.717, 1.165) is 12.0 Å². The van der Waals surface area contributed by atoms with Gasteiger partial charge in [0.2, 0.25) is 0 Å². The summed E-state index contributed by atoms with van der Waals surface area (Å²) in [4.78, 5) is 8.24. The molecule has 0 spiro atoms. The molecule has 0 amide bonds. The number of aromatic nitrogens is 2. The lowest BCUT2D eigenvalue weighted by atomic mass is 10.0. The Labute approximate surface area is 124 Å². The first-order chi connectivity index (χ1) is 10.2. The maximum absolute atomic E-state index is 9.22. The summed E-state index contributed by atoms with van der Waals surface area (Å²) in [7, 11) is 0. The summed E-state index contributed by atoms with van der Waals surface area (Å²) < 4.78 is 0. The van der Waals surface area contributed by atoms with Gasteiger partial charge < -0.3 is 5.11 Å². The molecule has 1 N–H and O–H groups in total. The topological polar surface area (TPSA) is 46.0 Å². The third-order valence-electron chi connectivity index (χ3n) is 3.42. The minimum atomic E-state index is 0.0768. The number of aromatic hydroxyl groups is 1. The molecule has 0 saturated carbocycles. The van der Waals surface area contributed by atoms with E-state index in [1.54, 1.807) is 0 Å². The fourth-order valence-electron chi connectivity index (χ4n) is 2.25. The second kappa shape index (κ2) is 5.75. The van der Waals surface area contributed by atoms with Crippen LogP contribution in [0.5, 0.6) is 5.75 Å². The Hall–Kier alpha value is -2.68. The molecule has 3 rings (SSSR count). The van der Waals surface area contributed by atoms with E-state index in [0.29, 0.717) is 5.82 Å². The van der Waals surface area contributed by atoms with Crippen LogP contribution in [0.3, 0.4) is 0 Å². The molecule has 2 aromatic rings. The molecule has 0 bridgehead atoms. The normalized spacial score (nSPS) is 14.3. The lowest BCUT2D eigenvalue weighted by molar-refractivity contribution is 0.470. The third kappa shape index (κ3) is 3.08. The zero-order chi connectivity index (χ0) is 14.7. The Kier molecular flexibility index (Phi) is 3.65. The smallest absolute Gasteiger partial charge is 0.159 e. The van der Waals surface area contributed by atoms with E-state index in [-0.39, 0.29) is 5.75 Å². The summed E-state index contributed by atoms with van der Waals surface area (Å²) in [5.74, 6) is 0.692. The average Bonchev–Trinajstić information content (AvgIpc) is 2.73. The van der Waals surface area contributed by atoms with Gasteiger partial charge in [-0.15, -0.1) is 0 Å². The molecule has 0 unspecified atom stereocenters. The van der Waals surface area contributed by atoms with Crippen LogP contribution in [0.15, 0.2) is 66.5 Å². The molecule has 3 nitrogen and oxygen atoms in total. The lowest BCUT2D eigenvalue weighted by Crippen LogP contribution is -1.88. The summed E-state index contributed by atoms with van der Waals surface area (Å²) in [5.41, 5.74) is 4.70. The molecule has 0 fully saturated rings. The first-order valence-electron chi connectivity index (χ1n) is 6.88. The van der Waals surface area contributed by atoms with Gasteiger partial charge >= 0.3 is 0 Å². The molecule has 0 radical (unpaired) electrons. The zero-order valence-corrected chi connectivity index (χ0v) is 11.8. The average molecular weight is 276 g/mol. The van der Waals surface area contributed by atoms with E-state index >= 15 is 0 Å². The maximum Gasteiger partial charge on any atom is 0.159 e. The summed E-state index contributed by atoms with van der Waals surface area (Å²) in [6.45, 7) is 2.10. The van der Waals surface area contributed by atoms with Crippen LogP contribution in [0, 0.1) is 0 Å². The van der Waals surface area contributed by atoms with Gasteiger partial charge in [-0.05, 0) is 24.5 Å². The van der Waals surface area contributed by atoms with E-state index < -0.39 is 0 Å². The van der Waals surface area contributed by atoms with Crippen LogP contribution in [0.1, 0.15) is 18.9 Å². The monoisotopic (exact) mass is 276 g/mol. The van der Waals surface area contributed by atoms with Crippen molar-refractivity contribution in [3.05, 3.63) is 72.1 Å². The van der Waals surface area contributed by atoms with E-state index in [1.807, 2.05) is 12.1 Å². The predicted molar refractivity (Wildman–Crippen MR) is 84.6 cm³/mol. The standard InChI is InChI=1S/C18H16N2O/c1-13-3-2-4-14(6-5-13)15-7-9-16(10-8-15)18-19-11-17(21)12-20-18/h2-3,5-12,21H,4H2,1H3. The number of hydrogen-bond acceptors (Lipinski definition) is 3. The molecular formula is C18H16N2O. The van der Waals surface area contributed by atoms with Crippen molar-refractivity contribution < 1.29 is 5.11 Å². The number of rotatable bonds is 2. The molecule has 104 valence electrons. The Morgan fingerprint density at radius 3 is 2.33 bits per heavy atom. The van der Waals surface area contributed by atoms with E-state index in [2.05, 4.69) is 53.3 Å². The predicted octanol–water partition coefficient (Wildman–Crippen LogP) is 4.14. The molecule has 0 atom stereocenters. The van der Waals surface area contributed by atoms with Crippen molar-refractivity contribution in [1.29, 1.82) is 0 Å². The maximum atomic E-state index is 9.22. The first kappa shape index (κ1) is 13.3. The fourth-order valence-corrected chi connectivity index (χ4v) is 2.25. The first-order valence-corrected chi connectivity index (χ1v) is 6.88. The number of benzene rings is 1. The van der Waals surface area contributed by atoms with E-state index in [4.69, 9.17) is 0 Å². The highest BCUT2D eigenvalue weighted by molar-refractivity contribution is 5.71. The Bertz CT molecular complexity index is 723. The second-order valence-corrected chi connectivity index (χ2v) is 5.05. The number of allylic oxidation sites excluding steroid dienone is 6. The van der Waals surface area contributed by atoms with Gasteiger partial charge in [0.1, 0.15) is 0 Å². The van der Waals surface area contributed by atoms with Crippen molar-refractivity contribution in [1.82, 2.24) is 9.97 Å². The Morgan fingerprint density at radius 1 is 0.952 bits per heavy atom. The molecule has 3 heteroatoms. The highest BCUT2D eigenvalue weighted by atomic mass is 16.3. The minimum Gasteiger partial charge on any atom is -0.505 e. The van der Waals surface area contributed by atoms with Crippen LogP contribution in [-0.2, 0) is 0 Å². The van der Waals surface area contributed by atoms with Crippen LogP contribution >= 0.6 is 0 Å². The summed E-state index contributed by atoms with van der Waals surface area (Å²) >= 11 is 0. The zero-order valence-electron chi connectivity index (χ0n) is 11.8. The molecule has 21 heavy (non-hydrogen) atoms. The van der Waals surface area contributed by atoms with Crippen molar-refractivity contribution in [2.75, 3.05) is 0 Å². The Balaban J connectivity index is 1.87. The van der Waals surface area contributed by atoms with Crippen molar-refractivity contribution in [2.24, 2.45) is 0 Å². The molecule has 0 saturated heterocycles. The lowest BCUT2D eigenvalue weighted by Gasteiger charge is -2.06. The quantitative estimate of drug-likeness (QED) is 0.896. The fraction of sp³-hybridized carbons (Fsp3) is 0.111.